The van der Waals surface area contributed by atoms with E-state index in [1.807, 2.05) is 17.2 Å². The summed E-state index contributed by atoms with van der Waals surface area (Å²) in [6, 6.07) is 0.515. The SMILES string of the molecule is CC[N+]1(C2CCCC2)N=CC=C1C(=O)N1CCCC1. The number of likely N-dealkylation sites (N-methyl/N-ethyl adjacent to an activating group) is 1. The fourth-order valence-corrected chi connectivity index (χ4v) is 3.87. The molecule has 0 aromatic carbocycles. The van der Waals surface area contributed by atoms with Crippen molar-refractivity contribution in [3.8, 4) is 0 Å². The van der Waals surface area contributed by atoms with Crippen molar-refractivity contribution in [2.24, 2.45) is 5.10 Å². The molecule has 3 aliphatic rings. The number of quaternary nitrogens is 1. The zero-order chi connectivity index (χ0) is 13.3. The fourth-order valence-electron chi connectivity index (χ4n) is 3.87. The summed E-state index contributed by atoms with van der Waals surface area (Å²) in [5, 5.41) is 4.71. The molecule has 0 radical (unpaired) electrons. The lowest BCUT2D eigenvalue weighted by Gasteiger charge is -2.35. The molecule has 1 aliphatic carbocycles. The second-order valence-electron chi connectivity index (χ2n) is 5.90. The van der Waals surface area contributed by atoms with E-state index < -0.39 is 0 Å². The van der Waals surface area contributed by atoms with Crippen LogP contribution in [0, 0.1) is 0 Å². The van der Waals surface area contributed by atoms with Gasteiger partial charge in [-0.1, -0.05) is 5.10 Å². The van der Waals surface area contributed by atoms with Gasteiger partial charge in [-0.15, -0.1) is 0 Å². The summed E-state index contributed by atoms with van der Waals surface area (Å²) in [6.45, 7) is 4.90. The van der Waals surface area contributed by atoms with Gasteiger partial charge in [-0.05, 0) is 32.6 Å². The second kappa shape index (κ2) is 5.08. The molecule has 2 heterocycles. The highest BCUT2D eigenvalue weighted by Crippen LogP contribution is 2.37. The van der Waals surface area contributed by atoms with Crippen molar-refractivity contribution in [2.45, 2.75) is 51.5 Å². The molecule has 0 spiro atoms. The highest BCUT2D eigenvalue weighted by molar-refractivity contribution is 5.96. The molecule has 0 aromatic rings. The summed E-state index contributed by atoms with van der Waals surface area (Å²) in [5.74, 6) is 0.226. The normalized spacial score (nSPS) is 31.2. The Labute approximate surface area is 115 Å². The van der Waals surface area contributed by atoms with Crippen LogP contribution < -0.4 is 0 Å². The predicted molar refractivity (Wildman–Crippen MR) is 75.4 cm³/mol. The van der Waals surface area contributed by atoms with Crippen molar-refractivity contribution in [2.75, 3.05) is 19.6 Å². The predicted octanol–water partition coefficient (Wildman–Crippen LogP) is 2.27. The van der Waals surface area contributed by atoms with E-state index >= 15 is 0 Å². The monoisotopic (exact) mass is 262 g/mol. The van der Waals surface area contributed by atoms with Gasteiger partial charge >= 0.3 is 5.91 Å². The Bertz CT molecular complexity index is 417. The van der Waals surface area contributed by atoms with E-state index in [9.17, 15) is 4.79 Å². The van der Waals surface area contributed by atoms with Crippen molar-refractivity contribution in [1.82, 2.24) is 4.90 Å². The lowest BCUT2D eigenvalue weighted by molar-refractivity contribution is -0.914. The number of hydrogen-bond donors (Lipinski definition) is 0. The van der Waals surface area contributed by atoms with E-state index in [1.54, 1.807) is 0 Å². The Balaban J connectivity index is 1.85. The van der Waals surface area contributed by atoms with Crippen LogP contribution in [0.4, 0.5) is 0 Å². The summed E-state index contributed by atoms with van der Waals surface area (Å²) in [5.41, 5.74) is 0.913. The molecular formula is C15H24N3O+. The zero-order valence-corrected chi connectivity index (χ0v) is 11.8. The summed E-state index contributed by atoms with van der Waals surface area (Å²) < 4.78 is 0.565. The van der Waals surface area contributed by atoms with Crippen LogP contribution in [0.3, 0.4) is 0 Å². The Kier molecular flexibility index (Phi) is 3.44. The van der Waals surface area contributed by atoms with Crippen LogP contribution in [0.1, 0.15) is 45.4 Å². The molecule has 1 amide bonds. The van der Waals surface area contributed by atoms with Gasteiger partial charge in [-0.25, -0.2) is 0 Å². The molecule has 2 fully saturated rings. The molecule has 1 saturated heterocycles. The van der Waals surface area contributed by atoms with E-state index in [1.165, 1.54) is 25.7 Å². The molecule has 0 N–H and O–H groups in total. The fraction of sp³-hybridized carbons (Fsp3) is 0.733. The lowest BCUT2D eigenvalue weighted by Crippen LogP contribution is -2.51. The Morgan fingerprint density at radius 2 is 2.00 bits per heavy atom. The average molecular weight is 262 g/mol. The molecule has 1 saturated carbocycles. The average Bonchev–Trinajstić information content (AvgIpc) is 3.16. The number of nitrogens with zero attached hydrogens (tertiary/aromatic N) is 3. The zero-order valence-electron chi connectivity index (χ0n) is 11.8. The van der Waals surface area contributed by atoms with Gasteiger partial charge in [0.2, 0.25) is 5.70 Å². The minimum absolute atomic E-state index is 0.226. The van der Waals surface area contributed by atoms with Crippen LogP contribution in [-0.4, -0.2) is 47.3 Å². The highest BCUT2D eigenvalue weighted by Gasteiger charge is 2.48. The van der Waals surface area contributed by atoms with E-state index in [2.05, 4.69) is 6.92 Å². The molecule has 1 atom stereocenters. The molecule has 4 nitrogen and oxygen atoms in total. The number of rotatable bonds is 3. The third-order valence-electron chi connectivity index (χ3n) is 4.95. The Hall–Kier alpha value is -1.16. The third-order valence-corrected chi connectivity index (χ3v) is 4.95. The van der Waals surface area contributed by atoms with E-state index in [4.69, 9.17) is 5.10 Å². The molecule has 2 aliphatic heterocycles. The minimum atomic E-state index is 0.226. The van der Waals surface area contributed by atoms with Crippen molar-refractivity contribution in [1.29, 1.82) is 0 Å². The Morgan fingerprint density at radius 1 is 1.32 bits per heavy atom. The number of carbonyl (C=O) groups is 1. The molecular weight excluding hydrogens is 238 g/mol. The molecule has 1 unspecified atom stereocenters. The molecule has 0 aromatic heterocycles. The first-order valence-corrected chi connectivity index (χ1v) is 7.71. The first kappa shape index (κ1) is 12.9. The molecule has 104 valence electrons. The number of likely N-dealkylation sites (tertiary alicyclic amines) is 1. The van der Waals surface area contributed by atoms with Gasteiger partial charge in [0.15, 0.2) is 0 Å². The van der Waals surface area contributed by atoms with Gasteiger partial charge in [0, 0.05) is 32.0 Å². The van der Waals surface area contributed by atoms with Gasteiger partial charge in [0.05, 0.1) is 6.21 Å². The number of amides is 1. The van der Waals surface area contributed by atoms with Gasteiger partial charge in [-0.3, -0.25) is 4.79 Å². The molecule has 0 bridgehead atoms. The van der Waals surface area contributed by atoms with Gasteiger partial charge in [0.25, 0.3) is 0 Å². The first-order chi connectivity index (χ1) is 9.28. The summed E-state index contributed by atoms with van der Waals surface area (Å²) >= 11 is 0. The molecule has 3 rings (SSSR count). The number of carbonyl (C=O) groups excluding carboxylic acids is 1. The second-order valence-corrected chi connectivity index (χ2v) is 5.90. The summed E-state index contributed by atoms with van der Waals surface area (Å²) in [7, 11) is 0. The summed E-state index contributed by atoms with van der Waals surface area (Å²) in [4.78, 5) is 14.8. The summed E-state index contributed by atoms with van der Waals surface area (Å²) in [6.07, 6.45) is 11.1. The van der Waals surface area contributed by atoms with Gasteiger partial charge in [0.1, 0.15) is 12.6 Å². The maximum Gasteiger partial charge on any atom is 0.310 e. The maximum absolute atomic E-state index is 12.7. The topological polar surface area (TPSA) is 32.7 Å². The van der Waals surface area contributed by atoms with Crippen LogP contribution in [0.5, 0.6) is 0 Å². The first-order valence-electron chi connectivity index (χ1n) is 7.71. The van der Waals surface area contributed by atoms with Crippen LogP contribution >= 0.6 is 0 Å². The van der Waals surface area contributed by atoms with Crippen LogP contribution in [0.2, 0.25) is 0 Å². The van der Waals surface area contributed by atoms with Crippen LogP contribution in [0.25, 0.3) is 0 Å². The minimum Gasteiger partial charge on any atom is -0.334 e. The van der Waals surface area contributed by atoms with Crippen molar-refractivity contribution in [3.63, 3.8) is 0 Å². The van der Waals surface area contributed by atoms with Crippen LogP contribution in [0.15, 0.2) is 16.9 Å². The van der Waals surface area contributed by atoms with Crippen LogP contribution in [-0.2, 0) is 4.79 Å². The largest absolute Gasteiger partial charge is 0.334 e. The van der Waals surface area contributed by atoms with E-state index in [0.717, 1.165) is 38.2 Å². The van der Waals surface area contributed by atoms with Crippen molar-refractivity contribution < 1.29 is 9.39 Å². The molecule has 19 heavy (non-hydrogen) atoms. The smallest absolute Gasteiger partial charge is 0.310 e. The quantitative estimate of drug-likeness (QED) is 0.718. The lowest BCUT2D eigenvalue weighted by atomic mass is 10.1. The van der Waals surface area contributed by atoms with E-state index in [0.29, 0.717) is 10.6 Å². The van der Waals surface area contributed by atoms with E-state index in [-0.39, 0.29) is 5.91 Å². The molecule has 4 heteroatoms. The number of allylic oxidation sites excluding steroid dienone is 1. The van der Waals surface area contributed by atoms with Crippen molar-refractivity contribution in [3.05, 3.63) is 11.8 Å². The maximum atomic E-state index is 12.7. The van der Waals surface area contributed by atoms with Gasteiger partial charge in [-0.2, -0.15) is 4.59 Å². The standard InChI is InChI=1S/C15H24N3O/c1-2-18(13-7-3-4-8-13)14(9-10-16-18)15(19)17-11-5-6-12-17/h9-10,13H,2-8,11-12H2,1H3/q+1. The Morgan fingerprint density at radius 3 is 2.63 bits per heavy atom. The number of hydrogen-bond acceptors (Lipinski definition) is 2. The highest BCUT2D eigenvalue weighted by atomic mass is 16.2. The van der Waals surface area contributed by atoms with Gasteiger partial charge < -0.3 is 4.90 Å². The third kappa shape index (κ3) is 2.02. The van der Waals surface area contributed by atoms with Crippen molar-refractivity contribution >= 4 is 12.1 Å².